The van der Waals surface area contributed by atoms with Crippen molar-refractivity contribution in [3.63, 3.8) is 0 Å². The molecule has 1 aliphatic heterocycles. The van der Waals surface area contributed by atoms with Crippen molar-refractivity contribution in [1.29, 1.82) is 0 Å². The molecule has 5 rings (SSSR count). The van der Waals surface area contributed by atoms with Crippen molar-refractivity contribution in [2.75, 3.05) is 13.2 Å². The zero-order valence-electron chi connectivity index (χ0n) is 18.5. The fourth-order valence-corrected chi connectivity index (χ4v) is 9.52. The van der Waals surface area contributed by atoms with Crippen LogP contribution in [0.1, 0.15) is 72.6 Å². The van der Waals surface area contributed by atoms with Gasteiger partial charge in [0.25, 0.3) is 0 Å². The van der Waals surface area contributed by atoms with E-state index in [1.54, 1.807) is 0 Å². The summed E-state index contributed by atoms with van der Waals surface area (Å²) in [6, 6.07) is 0. The molecule has 0 spiro atoms. The first kappa shape index (κ1) is 20.1. The molecule has 0 aromatic rings. The van der Waals surface area contributed by atoms with Gasteiger partial charge < -0.3 is 14.9 Å². The number of rotatable bonds is 1. The van der Waals surface area contributed by atoms with Crippen LogP contribution in [0, 0.1) is 45.3 Å². The summed E-state index contributed by atoms with van der Waals surface area (Å²) in [5.74, 6) is 1.21. The minimum Gasteiger partial charge on any atom is -0.462 e. The van der Waals surface area contributed by atoms with Crippen LogP contribution in [-0.2, 0) is 9.53 Å². The normalized spacial score (nSPS) is 56.4. The Morgan fingerprint density at radius 2 is 1.79 bits per heavy atom. The molecule has 0 bridgehead atoms. The molecule has 2 N–H and O–H groups in total. The van der Waals surface area contributed by atoms with Gasteiger partial charge in [-0.25, -0.2) is 4.79 Å². The Kier molecular flexibility index (Phi) is 4.22. The third kappa shape index (κ3) is 2.31. The molecule has 0 amide bonds. The summed E-state index contributed by atoms with van der Waals surface area (Å²) in [7, 11) is 0. The highest BCUT2D eigenvalue weighted by molar-refractivity contribution is 5.91. The first-order chi connectivity index (χ1) is 13.6. The maximum absolute atomic E-state index is 12.2. The van der Waals surface area contributed by atoms with E-state index in [-0.39, 0.29) is 40.2 Å². The molecule has 162 valence electrons. The van der Waals surface area contributed by atoms with Gasteiger partial charge in [0.1, 0.15) is 0 Å². The molecule has 9 atom stereocenters. The number of fused-ring (bicyclic) bond motifs is 7. The zero-order chi connectivity index (χ0) is 20.8. The van der Waals surface area contributed by atoms with E-state index in [4.69, 9.17) is 4.74 Å². The van der Waals surface area contributed by atoms with Gasteiger partial charge in [-0.1, -0.05) is 40.2 Å². The minimum atomic E-state index is -0.411. The standard InChI is InChI=1S/C25H38O4/c1-22(14-26)9-5-10-23(2)17(22)8-11-24(3)18-7-6-15-16(13-29-21(15)28)25(18,4)20(27)12-19(23)24/h6,16-20,26-27H,5,7-14H2,1-4H3/t16-,17?,18?,19?,20+,22+,23-,24-,25+/m0/s1. The van der Waals surface area contributed by atoms with Crippen molar-refractivity contribution in [2.45, 2.75) is 78.7 Å². The molecule has 29 heavy (non-hydrogen) atoms. The molecule has 4 nitrogen and oxygen atoms in total. The molecule has 4 heteroatoms. The lowest BCUT2D eigenvalue weighted by atomic mass is 9.34. The number of carbonyl (C=O) groups is 1. The van der Waals surface area contributed by atoms with Crippen LogP contribution in [0.15, 0.2) is 11.6 Å². The number of aliphatic hydroxyl groups is 2. The van der Waals surface area contributed by atoms with Gasteiger partial charge >= 0.3 is 5.97 Å². The first-order valence-electron chi connectivity index (χ1n) is 11.8. The van der Waals surface area contributed by atoms with Gasteiger partial charge in [-0.15, -0.1) is 0 Å². The van der Waals surface area contributed by atoms with Gasteiger partial charge in [0, 0.05) is 23.5 Å². The van der Waals surface area contributed by atoms with Gasteiger partial charge in [-0.05, 0) is 72.5 Å². The van der Waals surface area contributed by atoms with Crippen molar-refractivity contribution in [1.82, 2.24) is 0 Å². The van der Waals surface area contributed by atoms with Gasteiger partial charge in [0.2, 0.25) is 0 Å². The molecule has 0 aromatic heterocycles. The van der Waals surface area contributed by atoms with Crippen LogP contribution in [0.3, 0.4) is 0 Å². The number of ether oxygens (including phenoxy) is 1. The van der Waals surface area contributed by atoms with Crippen LogP contribution < -0.4 is 0 Å². The van der Waals surface area contributed by atoms with Crippen LogP contribution in [0.5, 0.6) is 0 Å². The van der Waals surface area contributed by atoms with Gasteiger partial charge in [-0.3, -0.25) is 0 Å². The number of cyclic esters (lactones) is 1. The minimum absolute atomic E-state index is 0.00534. The molecule has 1 heterocycles. The number of hydrogen-bond donors (Lipinski definition) is 2. The van der Waals surface area contributed by atoms with E-state index in [1.807, 2.05) is 0 Å². The van der Waals surface area contributed by atoms with Gasteiger partial charge in [0.15, 0.2) is 0 Å². The molecular formula is C25H38O4. The van der Waals surface area contributed by atoms with Crippen LogP contribution in [0.2, 0.25) is 0 Å². The zero-order valence-corrected chi connectivity index (χ0v) is 18.5. The van der Waals surface area contributed by atoms with E-state index in [0.29, 0.717) is 24.4 Å². The summed E-state index contributed by atoms with van der Waals surface area (Å²) in [6.07, 6.45) is 9.23. The van der Waals surface area contributed by atoms with E-state index in [0.717, 1.165) is 31.3 Å². The monoisotopic (exact) mass is 402 g/mol. The summed E-state index contributed by atoms with van der Waals surface area (Å²) < 4.78 is 5.43. The highest BCUT2D eigenvalue weighted by Gasteiger charge is 2.69. The number of hydrogen-bond acceptors (Lipinski definition) is 4. The molecule has 0 radical (unpaired) electrons. The summed E-state index contributed by atoms with van der Waals surface area (Å²) in [5.41, 5.74) is 0.845. The van der Waals surface area contributed by atoms with Crippen LogP contribution in [0.4, 0.5) is 0 Å². The van der Waals surface area contributed by atoms with Crippen LogP contribution in [0.25, 0.3) is 0 Å². The Balaban J connectivity index is 1.58. The highest BCUT2D eigenvalue weighted by atomic mass is 16.5. The molecule has 0 aromatic carbocycles. The van der Waals surface area contributed by atoms with E-state index < -0.39 is 6.10 Å². The van der Waals surface area contributed by atoms with E-state index in [9.17, 15) is 15.0 Å². The summed E-state index contributed by atoms with van der Waals surface area (Å²) in [4.78, 5) is 12.2. The smallest absolute Gasteiger partial charge is 0.334 e. The molecule has 5 aliphatic rings. The Morgan fingerprint density at radius 3 is 2.52 bits per heavy atom. The Morgan fingerprint density at radius 1 is 1.07 bits per heavy atom. The van der Waals surface area contributed by atoms with Crippen molar-refractivity contribution in [3.05, 3.63) is 11.6 Å². The number of esters is 1. The maximum atomic E-state index is 12.2. The second kappa shape index (κ2) is 6.09. The molecular weight excluding hydrogens is 364 g/mol. The van der Waals surface area contributed by atoms with Gasteiger partial charge in [-0.2, -0.15) is 0 Å². The van der Waals surface area contributed by atoms with E-state index in [2.05, 4.69) is 33.8 Å². The van der Waals surface area contributed by atoms with Crippen LogP contribution in [-0.4, -0.2) is 35.5 Å². The number of allylic oxidation sites excluding steroid dienone is 1. The lowest BCUT2D eigenvalue weighted by molar-refractivity contribution is -0.237. The second-order valence-electron chi connectivity index (χ2n) is 12.0. The lowest BCUT2D eigenvalue weighted by Crippen LogP contribution is -2.66. The average Bonchev–Trinajstić information content (AvgIpc) is 3.06. The second-order valence-corrected chi connectivity index (χ2v) is 12.0. The van der Waals surface area contributed by atoms with E-state index >= 15 is 0 Å². The van der Waals surface area contributed by atoms with Crippen molar-refractivity contribution in [3.8, 4) is 0 Å². The van der Waals surface area contributed by atoms with Crippen molar-refractivity contribution < 1.29 is 19.7 Å². The molecule has 3 saturated carbocycles. The van der Waals surface area contributed by atoms with Crippen LogP contribution >= 0.6 is 0 Å². The highest BCUT2D eigenvalue weighted by Crippen LogP contribution is 2.73. The quantitative estimate of drug-likeness (QED) is 0.648. The number of aliphatic hydroxyl groups excluding tert-OH is 2. The first-order valence-corrected chi connectivity index (χ1v) is 11.8. The molecule has 3 unspecified atom stereocenters. The van der Waals surface area contributed by atoms with Crippen molar-refractivity contribution in [2.24, 2.45) is 45.3 Å². The molecule has 4 aliphatic carbocycles. The largest absolute Gasteiger partial charge is 0.462 e. The Hall–Kier alpha value is -0.870. The molecule has 1 saturated heterocycles. The fourth-order valence-electron chi connectivity index (χ4n) is 9.52. The third-order valence-corrected chi connectivity index (χ3v) is 11.1. The van der Waals surface area contributed by atoms with E-state index in [1.165, 1.54) is 19.3 Å². The SMILES string of the molecule is C[C@]1(CO)CCC[C@@]2(C)C1CC[C@]1(C)C2C[C@@H](O)[C@@]2(C)C1CC=C1C(=O)OC[C@@H]12. The maximum Gasteiger partial charge on any atom is 0.334 e. The molecule has 4 fully saturated rings. The van der Waals surface area contributed by atoms with Gasteiger partial charge in [0.05, 0.1) is 12.7 Å². The summed E-state index contributed by atoms with van der Waals surface area (Å²) >= 11 is 0. The predicted octanol–water partition coefficient (Wildman–Crippen LogP) is 4.10. The Bertz CT molecular complexity index is 760. The Labute approximate surface area is 175 Å². The van der Waals surface area contributed by atoms with Crippen molar-refractivity contribution >= 4 is 5.97 Å². The summed E-state index contributed by atoms with van der Waals surface area (Å²) in [5, 5.41) is 21.9. The fraction of sp³-hybridized carbons (Fsp3) is 0.880. The average molecular weight is 403 g/mol. The number of carbonyl (C=O) groups excluding carboxylic acids is 1. The topological polar surface area (TPSA) is 66.8 Å². The third-order valence-electron chi connectivity index (χ3n) is 11.1. The predicted molar refractivity (Wildman–Crippen MR) is 111 cm³/mol. The lowest BCUT2D eigenvalue weighted by Gasteiger charge is -2.70. The summed E-state index contributed by atoms with van der Waals surface area (Å²) in [6.45, 7) is 10.2.